The van der Waals surface area contributed by atoms with Crippen LogP contribution in [0.3, 0.4) is 0 Å². The molecule has 3 aromatic rings. The van der Waals surface area contributed by atoms with E-state index < -0.39 is 0 Å². The van der Waals surface area contributed by atoms with Crippen LogP contribution in [-0.2, 0) is 6.61 Å². The van der Waals surface area contributed by atoms with Crippen molar-refractivity contribution in [2.24, 2.45) is 0 Å². The van der Waals surface area contributed by atoms with Gasteiger partial charge in [0, 0.05) is 18.0 Å². The molecule has 22 heavy (non-hydrogen) atoms. The molecular formula is C16H11ClN2O2S. The summed E-state index contributed by atoms with van der Waals surface area (Å²) in [5.74, 6) is 0.536. The molecule has 0 aliphatic carbocycles. The van der Waals surface area contributed by atoms with Gasteiger partial charge in [0.2, 0.25) is 5.78 Å². The molecule has 2 aromatic heterocycles. The molecule has 0 fully saturated rings. The van der Waals surface area contributed by atoms with Gasteiger partial charge in [0.25, 0.3) is 0 Å². The van der Waals surface area contributed by atoms with E-state index >= 15 is 0 Å². The molecule has 0 saturated heterocycles. The first kappa shape index (κ1) is 14.7. The van der Waals surface area contributed by atoms with Crippen LogP contribution < -0.4 is 4.74 Å². The number of ketones is 1. The summed E-state index contributed by atoms with van der Waals surface area (Å²) in [5.41, 5.74) is 1.40. The Morgan fingerprint density at radius 1 is 1.23 bits per heavy atom. The SMILES string of the molecule is O=C(c1cncnc1)c1cc(COc2ccccc2Cl)cs1. The number of halogens is 1. The maximum atomic E-state index is 12.3. The molecule has 0 unspecified atom stereocenters. The summed E-state index contributed by atoms with van der Waals surface area (Å²) in [6.07, 6.45) is 4.41. The summed E-state index contributed by atoms with van der Waals surface area (Å²) in [6, 6.07) is 9.10. The van der Waals surface area contributed by atoms with Crippen LogP contribution in [0.2, 0.25) is 5.02 Å². The molecule has 0 radical (unpaired) electrons. The van der Waals surface area contributed by atoms with Gasteiger partial charge in [-0.2, -0.15) is 0 Å². The van der Waals surface area contributed by atoms with Gasteiger partial charge >= 0.3 is 0 Å². The zero-order chi connectivity index (χ0) is 15.4. The number of hydrogen-bond donors (Lipinski definition) is 0. The zero-order valence-corrected chi connectivity index (χ0v) is 13.0. The third-order valence-corrected chi connectivity index (χ3v) is 4.22. The fourth-order valence-electron chi connectivity index (χ4n) is 1.85. The molecule has 2 heterocycles. The Morgan fingerprint density at radius 2 is 2.00 bits per heavy atom. The number of carbonyl (C=O) groups excluding carboxylic acids is 1. The number of aromatic nitrogens is 2. The van der Waals surface area contributed by atoms with Crippen molar-refractivity contribution in [1.29, 1.82) is 0 Å². The number of nitrogens with zero attached hydrogens (tertiary/aromatic N) is 2. The first-order valence-corrected chi connectivity index (χ1v) is 7.74. The minimum atomic E-state index is -0.0883. The highest BCUT2D eigenvalue weighted by molar-refractivity contribution is 7.12. The van der Waals surface area contributed by atoms with Crippen molar-refractivity contribution in [2.75, 3.05) is 0 Å². The van der Waals surface area contributed by atoms with Crippen LogP contribution in [0.15, 0.2) is 54.4 Å². The van der Waals surface area contributed by atoms with Crippen molar-refractivity contribution in [3.63, 3.8) is 0 Å². The summed E-state index contributed by atoms with van der Waals surface area (Å²) in [4.78, 5) is 20.6. The van der Waals surface area contributed by atoms with Gasteiger partial charge in [0.05, 0.1) is 15.5 Å². The maximum Gasteiger partial charge on any atom is 0.206 e. The van der Waals surface area contributed by atoms with E-state index in [1.165, 1.54) is 30.1 Å². The van der Waals surface area contributed by atoms with Gasteiger partial charge in [0.1, 0.15) is 18.7 Å². The van der Waals surface area contributed by atoms with Crippen molar-refractivity contribution in [3.8, 4) is 5.75 Å². The lowest BCUT2D eigenvalue weighted by Gasteiger charge is -2.05. The number of ether oxygens (including phenoxy) is 1. The van der Waals surface area contributed by atoms with Crippen molar-refractivity contribution in [1.82, 2.24) is 9.97 Å². The molecule has 0 saturated carbocycles. The predicted octanol–water partition coefficient (Wildman–Crippen LogP) is 4.00. The average Bonchev–Trinajstić information content (AvgIpc) is 3.03. The van der Waals surface area contributed by atoms with Crippen LogP contribution >= 0.6 is 22.9 Å². The summed E-state index contributed by atoms with van der Waals surface area (Å²) < 4.78 is 5.66. The van der Waals surface area contributed by atoms with E-state index in [9.17, 15) is 4.79 Å². The lowest BCUT2D eigenvalue weighted by Crippen LogP contribution is -2.00. The Kier molecular flexibility index (Phi) is 4.46. The third-order valence-electron chi connectivity index (χ3n) is 2.93. The highest BCUT2D eigenvalue weighted by Crippen LogP contribution is 2.25. The fraction of sp³-hybridized carbons (Fsp3) is 0.0625. The van der Waals surface area contributed by atoms with Crippen LogP contribution in [0.5, 0.6) is 5.75 Å². The molecule has 0 aliphatic rings. The number of hydrogen-bond acceptors (Lipinski definition) is 5. The van der Waals surface area contributed by atoms with Crippen molar-refractivity contribution in [2.45, 2.75) is 6.61 Å². The van der Waals surface area contributed by atoms with Gasteiger partial charge in [-0.05, 0) is 23.6 Å². The molecule has 0 bridgehead atoms. The van der Waals surface area contributed by atoms with Crippen molar-refractivity contribution in [3.05, 3.63) is 75.5 Å². The highest BCUT2D eigenvalue weighted by atomic mass is 35.5. The van der Waals surface area contributed by atoms with E-state index in [1.807, 2.05) is 29.6 Å². The van der Waals surface area contributed by atoms with Crippen LogP contribution in [-0.4, -0.2) is 15.8 Å². The molecule has 0 aliphatic heterocycles. The van der Waals surface area contributed by atoms with Crippen LogP contribution in [0, 0.1) is 0 Å². The van der Waals surface area contributed by atoms with Crippen LogP contribution in [0.1, 0.15) is 20.8 Å². The number of rotatable bonds is 5. The molecule has 3 rings (SSSR count). The zero-order valence-electron chi connectivity index (χ0n) is 11.4. The van der Waals surface area contributed by atoms with Gasteiger partial charge in [0.15, 0.2) is 0 Å². The van der Waals surface area contributed by atoms with E-state index in [4.69, 9.17) is 16.3 Å². The van der Waals surface area contributed by atoms with Gasteiger partial charge in [-0.15, -0.1) is 11.3 Å². The summed E-state index contributed by atoms with van der Waals surface area (Å²) in [6.45, 7) is 0.360. The second-order valence-corrected chi connectivity index (χ2v) is 5.81. The van der Waals surface area contributed by atoms with E-state index in [1.54, 1.807) is 6.07 Å². The third kappa shape index (κ3) is 3.32. The molecule has 0 amide bonds. The van der Waals surface area contributed by atoms with Crippen molar-refractivity contribution >= 4 is 28.7 Å². The Bertz CT molecular complexity index is 790. The minimum Gasteiger partial charge on any atom is -0.487 e. The fourth-order valence-corrected chi connectivity index (χ4v) is 2.90. The number of thiophene rings is 1. The summed E-state index contributed by atoms with van der Waals surface area (Å²) >= 11 is 7.41. The van der Waals surface area contributed by atoms with Gasteiger partial charge < -0.3 is 4.74 Å². The molecule has 4 nitrogen and oxygen atoms in total. The van der Waals surface area contributed by atoms with Crippen molar-refractivity contribution < 1.29 is 9.53 Å². The Hall–Kier alpha value is -2.24. The smallest absolute Gasteiger partial charge is 0.206 e. The Labute approximate surface area is 136 Å². The van der Waals surface area contributed by atoms with Gasteiger partial charge in [-0.25, -0.2) is 9.97 Å². The maximum absolute atomic E-state index is 12.3. The number of carbonyl (C=O) groups is 1. The van der Waals surface area contributed by atoms with Gasteiger partial charge in [-0.3, -0.25) is 4.79 Å². The minimum absolute atomic E-state index is 0.0883. The van der Waals surface area contributed by atoms with Gasteiger partial charge in [-0.1, -0.05) is 23.7 Å². The normalized spacial score (nSPS) is 10.4. The lowest BCUT2D eigenvalue weighted by molar-refractivity contribution is 0.104. The van der Waals surface area contributed by atoms with E-state index in [-0.39, 0.29) is 5.78 Å². The highest BCUT2D eigenvalue weighted by Gasteiger charge is 2.12. The number of benzene rings is 1. The van der Waals surface area contributed by atoms with E-state index in [0.29, 0.717) is 27.8 Å². The average molecular weight is 331 g/mol. The summed E-state index contributed by atoms with van der Waals surface area (Å²) in [7, 11) is 0. The Morgan fingerprint density at radius 3 is 2.77 bits per heavy atom. The second kappa shape index (κ2) is 6.68. The first-order chi connectivity index (χ1) is 10.7. The molecule has 0 N–H and O–H groups in total. The molecule has 0 atom stereocenters. The topological polar surface area (TPSA) is 52.1 Å². The molecular weight excluding hydrogens is 320 g/mol. The monoisotopic (exact) mass is 330 g/mol. The summed E-state index contributed by atoms with van der Waals surface area (Å²) in [5, 5.41) is 2.46. The largest absolute Gasteiger partial charge is 0.487 e. The molecule has 1 aromatic carbocycles. The van der Waals surface area contributed by atoms with E-state index in [2.05, 4.69) is 9.97 Å². The quantitative estimate of drug-likeness (QED) is 0.663. The number of para-hydroxylation sites is 1. The molecule has 110 valence electrons. The predicted molar refractivity (Wildman–Crippen MR) is 85.6 cm³/mol. The standard InChI is InChI=1S/C16H11ClN2O2S/c17-13-3-1-2-4-14(13)21-8-11-5-15(22-9-11)16(20)12-6-18-10-19-7-12/h1-7,9-10H,8H2. The van der Waals surface area contributed by atoms with Crippen LogP contribution in [0.25, 0.3) is 0 Å². The molecule has 6 heteroatoms. The Balaban J connectivity index is 1.69. The van der Waals surface area contributed by atoms with Crippen LogP contribution in [0.4, 0.5) is 0 Å². The lowest BCUT2D eigenvalue weighted by atomic mass is 10.2. The molecule has 0 spiro atoms. The second-order valence-electron chi connectivity index (χ2n) is 4.49. The first-order valence-electron chi connectivity index (χ1n) is 6.48. The van der Waals surface area contributed by atoms with E-state index in [0.717, 1.165) is 5.56 Å².